The molecule has 1 unspecified atom stereocenters. The van der Waals surface area contributed by atoms with Crippen LogP contribution in [0.5, 0.6) is 0 Å². The number of anilines is 2. The zero-order valence-electron chi connectivity index (χ0n) is 17.4. The summed E-state index contributed by atoms with van der Waals surface area (Å²) < 4.78 is 0. The molecule has 31 heavy (non-hydrogen) atoms. The van der Waals surface area contributed by atoms with Crippen LogP contribution in [-0.4, -0.2) is 59.1 Å². The highest BCUT2D eigenvalue weighted by atomic mass is 32.1. The van der Waals surface area contributed by atoms with Crippen LogP contribution in [0.2, 0.25) is 0 Å². The van der Waals surface area contributed by atoms with Crippen LogP contribution in [0.3, 0.4) is 0 Å². The van der Waals surface area contributed by atoms with Gasteiger partial charge in [-0.05, 0) is 38.3 Å². The lowest BCUT2D eigenvalue weighted by atomic mass is 10.1. The molecule has 0 aromatic carbocycles. The second kappa shape index (κ2) is 10.5. The highest BCUT2D eigenvalue weighted by Gasteiger charge is 2.28. The summed E-state index contributed by atoms with van der Waals surface area (Å²) in [7, 11) is 1.57. The first-order valence-corrected chi connectivity index (χ1v) is 10.6. The number of carbonyl (C=O) groups is 2. The number of allylic oxidation sites excluding steroid dienone is 3. The molecule has 3 rings (SSSR count). The molecule has 0 bridgehead atoms. The van der Waals surface area contributed by atoms with E-state index in [1.165, 1.54) is 11.3 Å². The van der Waals surface area contributed by atoms with Gasteiger partial charge in [-0.2, -0.15) is 5.10 Å². The molecule has 1 aliphatic rings. The first-order valence-electron chi connectivity index (χ1n) is 9.76. The fourth-order valence-electron chi connectivity index (χ4n) is 3.07. The Balaban J connectivity index is 1.57. The number of rotatable bonds is 8. The Hall–Kier alpha value is -3.47. The predicted octanol–water partition coefficient (Wildman–Crippen LogP) is 2.17. The quantitative estimate of drug-likeness (QED) is 0.476. The minimum Gasteiger partial charge on any atom is -0.353 e. The number of aliphatic imine (C=N–C) groups is 1. The number of carbonyl (C=O) groups excluding carboxylic acids is 2. The molecule has 1 saturated heterocycles. The molecular weight excluding hydrogens is 416 g/mol. The molecule has 0 aliphatic carbocycles. The van der Waals surface area contributed by atoms with E-state index in [9.17, 15) is 9.59 Å². The summed E-state index contributed by atoms with van der Waals surface area (Å²) in [4.78, 5) is 29.8. The summed E-state index contributed by atoms with van der Waals surface area (Å²) in [6, 6.07) is 3.61. The van der Waals surface area contributed by atoms with Gasteiger partial charge < -0.3 is 15.5 Å². The van der Waals surface area contributed by atoms with Gasteiger partial charge in [0.05, 0.1) is 12.1 Å². The summed E-state index contributed by atoms with van der Waals surface area (Å²) in [5.74, 6) is 0.0964. The second-order valence-corrected chi connectivity index (χ2v) is 7.77. The fraction of sp³-hybridized carbons (Fsp3) is 0.350. The van der Waals surface area contributed by atoms with Crippen LogP contribution in [0, 0.1) is 0 Å². The third-order valence-electron chi connectivity index (χ3n) is 4.69. The van der Waals surface area contributed by atoms with Crippen molar-refractivity contribution < 1.29 is 9.59 Å². The van der Waals surface area contributed by atoms with E-state index >= 15 is 0 Å². The molecule has 1 fully saturated rings. The Morgan fingerprint density at radius 2 is 2.16 bits per heavy atom. The van der Waals surface area contributed by atoms with Gasteiger partial charge in [-0.1, -0.05) is 23.5 Å². The van der Waals surface area contributed by atoms with E-state index in [4.69, 9.17) is 0 Å². The third kappa shape index (κ3) is 5.79. The Morgan fingerprint density at radius 1 is 1.32 bits per heavy atom. The van der Waals surface area contributed by atoms with Crippen LogP contribution in [0.15, 0.2) is 41.1 Å². The molecule has 0 spiro atoms. The van der Waals surface area contributed by atoms with Gasteiger partial charge in [0.2, 0.25) is 16.0 Å². The van der Waals surface area contributed by atoms with E-state index in [1.54, 1.807) is 25.3 Å². The molecule has 0 saturated carbocycles. The largest absolute Gasteiger partial charge is 0.353 e. The van der Waals surface area contributed by atoms with Crippen LogP contribution in [0.4, 0.5) is 10.9 Å². The number of hydrogen-bond donors (Lipinski definition) is 2. The van der Waals surface area contributed by atoms with Gasteiger partial charge >= 0.3 is 0 Å². The van der Waals surface area contributed by atoms with Crippen LogP contribution >= 0.6 is 11.3 Å². The van der Waals surface area contributed by atoms with Crippen LogP contribution in [0.25, 0.3) is 0 Å². The van der Waals surface area contributed by atoms with Gasteiger partial charge in [0.15, 0.2) is 5.82 Å². The number of hydrogen-bond acceptors (Lipinski definition) is 9. The van der Waals surface area contributed by atoms with Crippen LogP contribution < -0.4 is 15.5 Å². The number of aromatic nitrogens is 4. The van der Waals surface area contributed by atoms with E-state index in [2.05, 4.69) is 47.6 Å². The molecular formula is C20H24N8O2S. The molecule has 11 heteroatoms. The fourth-order valence-corrected chi connectivity index (χ4v) is 3.90. The lowest BCUT2D eigenvalue weighted by molar-refractivity contribution is -0.115. The van der Waals surface area contributed by atoms with Crippen molar-refractivity contribution in [2.75, 3.05) is 30.4 Å². The first-order chi connectivity index (χ1) is 15.0. The van der Waals surface area contributed by atoms with Crippen LogP contribution in [-0.2, 0) is 4.79 Å². The Bertz CT molecular complexity index is 999. The van der Waals surface area contributed by atoms with Gasteiger partial charge in [-0.3, -0.25) is 14.6 Å². The SMILES string of the molecule is C=N/C(=C\C=C/C)CC(=O)Nc1ccc(C2CCN(c3nnc(C(=O)NC)s3)C2)nn1. The normalized spacial score (nSPS) is 16.5. The van der Waals surface area contributed by atoms with E-state index < -0.39 is 0 Å². The minimum atomic E-state index is -0.240. The number of nitrogens with zero attached hydrogens (tertiary/aromatic N) is 6. The molecule has 0 radical (unpaired) electrons. The lowest BCUT2D eigenvalue weighted by Crippen LogP contribution is -2.19. The van der Waals surface area contributed by atoms with Crippen LogP contribution in [0.1, 0.15) is 41.2 Å². The molecule has 2 N–H and O–H groups in total. The van der Waals surface area contributed by atoms with Crippen molar-refractivity contribution in [2.24, 2.45) is 4.99 Å². The van der Waals surface area contributed by atoms with Crippen molar-refractivity contribution in [3.63, 3.8) is 0 Å². The predicted molar refractivity (Wildman–Crippen MR) is 121 cm³/mol. The Labute approximate surface area is 184 Å². The standard InChI is InChI=1S/C20H24N8O2S/c1-4-5-6-14(21-2)11-17(29)23-16-8-7-15(24-25-16)13-9-10-28(12-13)20-27-26-19(31-20)18(30)22-3/h4-8,13H,2,9-12H2,1,3H3,(H,22,30)(H,23,25,29)/b5-4-,14-6-. The number of nitrogens with one attached hydrogen (secondary N) is 2. The first kappa shape index (κ1) is 22.2. The molecule has 1 aliphatic heterocycles. The summed E-state index contributed by atoms with van der Waals surface area (Å²) >= 11 is 1.27. The van der Waals surface area contributed by atoms with E-state index in [0.29, 0.717) is 23.1 Å². The van der Waals surface area contributed by atoms with Crippen molar-refractivity contribution in [1.82, 2.24) is 25.7 Å². The third-order valence-corrected chi connectivity index (χ3v) is 5.67. The average Bonchev–Trinajstić information content (AvgIpc) is 3.46. The monoisotopic (exact) mass is 440 g/mol. The van der Waals surface area contributed by atoms with Crippen molar-refractivity contribution in [3.8, 4) is 0 Å². The van der Waals surface area contributed by atoms with Gasteiger partial charge in [0, 0.05) is 31.8 Å². The smallest absolute Gasteiger partial charge is 0.282 e. The minimum absolute atomic E-state index is 0.106. The van der Waals surface area contributed by atoms with E-state index in [1.807, 2.05) is 19.1 Å². The molecule has 2 aromatic rings. The molecule has 1 atom stereocenters. The van der Waals surface area contributed by atoms with E-state index in [0.717, 1.165) is 23.8 Å². The van der Waals surface area contributed by atoms with E-state index in [-0.39, 0.29) is 24.2 Å². The lowest BCUT2D eigenvalue weighted by Gasteiger charge is -2.13. The molecule has 10 nitrogen and oxygen atoms in total. The molecule has 3 heterocycles. The molecule has 162 valence electrons. The highest BCUT2D eigenvalue weighted by molar-refractivity contribution is 7.17. The maximum Gasteiger partial charge on any atom is 0.282 e. The molecule has 2 aromatic heterocycles. The zero-order valence-corrected chi connectivity index (χ0v) is 18.2. The summed E-state index contributed by atoms with van der Waals surface area (Å²) in [5.41, 5.74) is 1.42. The average molecular weight is 441 g/mol. The zero-order chi connectivity index (χ0) is 22.2. The highest BCUT2D eigenvalue weighted by Crippen LogP contribution is 2.31. The number of amides is 2. The van der Waals surface area contributed by atoms with Crippen molar-refractivity contribution >= 4 is 40.8 Å². The van der Waals surface area contributed by atoms with Gasteiger partial charge in [-0.25, -0.2) is 0 Å². The maximum atomic E-state index is 12.2. The Kier molecular flexibility index (Phi) is 7.55. The van der Waals surface area contributed by atoms with Gasteiger partial charge in [0.25, 0.3) is 5.91 Å². The topological polar surface area (TPSA) is 125 Å². The summed E-state index contributed by atoms with van der Waals surface area (Å²) in [6.45, 7) is 6.87. The summed E-state index contributed by atoms with van der Waals surface area (Å²) in [5, 5.41) is 22.8. The van der Waals surface area contributed by atoms with Crippen molar-refractivity contribution in [3.05, 3.63) is 46.8 Å². The summed E-state index contributed by atoms with van der Waals surface area (Å²) in [6.07, 6.45) is 6.39. The maximum absolute atomic E-state index is 12.2. The van der Waals surface area contributed by atoms with Crippen molar-refractivity contribution in [1.29, 1.82) is 0 Å². The van der Waals surface area contributed by atoms with Gasteiger partial charge in [-0.15, -0.1) is 15.3 Å². The molecule has 2 amide bonds. The Morgan fingerprint density at radius 3 is 2.84 bits per heavy atom. The van der Waals surface area contributed by atoms with Gasteiger partial charge in [0.1, 0.15) is 0 Å². The second-order valence-electron chi connectivity index (χ2n) is 6.81. The van der Waals surface area contributed by atoms with Crippen molar-refractivity contribution in [2.45, 2.75) is 25.7 Å².